The van der Waals surface area contributed by atoms with Gasteiger partial charge in [-0.25, -0.2) is 0 Å². The average molecular weight is 506 g/mol. The van der Waals surface area contributed by atoms with E-state index in [9.17, 15) is 0 Å². The van der Waals surface area contributed by atoms with E-state index in [0.717, 1.165) is 55.6 Å². The molecule has 0 unspecified atom stereocenters. The zero-order chi connectivity index (χ0) is 19.9. The summed E-state index contributed by atoms with van der Waals surface area (Å²) in [5, 5.41) is 6.68. The lowest BCUT2D eigenvalue weighted by atomic mass is 10.2. The molecule has 0 aliphatic rings. The maximum atomic E-state index is 5.92. The van der Waals surface area contributed by atoms with Crippen molar-refractivity contribution in [3.63, 3.8) is 0 Å². The van der Waals surface area contributed by atoms with Gasteiger partial charge in [-0.1, -0.05) is 39.7 Å². The van der Waals surface area contributed by atoms with Crippen LogP contribution in [0.4, 0.5) is 0 Å². The van der Waals surface area contributed by atoms with Gasteiger partial charge in [0, 0.05) is 26.7 Å². The minimum absolute atomic E-state index is 0. The van der Waals surface area contributed by atoms with Crippen molar-refractivity contribution in [2.75, 3.05) is 46.9 Å². The minimum atomic E-state index is 0. The molecule has 0 fully saturated rings. The zero-order valence-corrected chi connectivity index (χ0v) is 20.5. The SMILES string of the molecule is CCCCCNC(=NC)NCc1ccc(OCCN(CC)CC)c(OC)c1.I. The van der Waals surface area contributed by atoms with Crippen molar-refractivity contribution < 1.29 is 9.47 Å². The normalized spacial score (nSPS) is 11.1. The molecule has 0 heterocycles. The molecule has 2 N–H and O–H groups in total. The van der Waals surface area contributed by atoms with E-state index in [1.807, 2.05) is 12.1 Å². The zero-order valence-electron chi connectivity index (χ0n) is 18.2. The summed E-state index contributed by atoms with van der Waals surface area (Å²) in [4.78, 5) is 6.61. The van der Waals surface area contributed by atoms with E-state index in [1.165, 1.54) is 12.8 Å². The molecule has 7 heteroatoms. The summed E-state index contributed by atoms with van der Waals surface area (Å²) in [6, 6.07) is 6.06. The van der Waals surface area contributed by atoms with Crippen molar-refractivity contribution in [2.45, 2.75) is 46.6 Å². The molecule has 1 aromatic carbocycles. The topological polar surface area (TPSA) is 58.1 Å². The van der Waals surface area contributed by atoms with Gasteiger partial charge in [0.15, 0.2) is 17.5 Å². The minimum Gasteiger partial charge on any atom is -0.493 e. The second-order valence-electron chi connectivity index (χ2n) is 6.42. The third-order valence-corrected chi connectivity index (χ3v) is 4.54. The fraction of sp³-hybridized carbons (Fsp3) is 0.667. The van der Waals surface area contributed by atoms with Gasteiger partial charge >= 0.3 is 0 Å². The van der Waals surface area contributed by atoms with E-state index in [4.69, 9.17) is 9.47 Å². The van der Waals surface area contributed by atoms with Crippen molar-refractivity contribution >= 4 is 29.9 Å². The van der Waals surface area contributed by atoms with Crippen LogP contribution in [0.1, 0.15) is 45.6 Å². The molecule has 0 saturated heterocycles. The number of benzene rings is 1. The Kier molecular flexibility index (Phi) is 16.0. The Morgan fingerprint density at radius 3 is 2.43 bits per heavy atom. The van der Waals surface area contributed by atoms with E-state index in [0.29, 0.717) is 13.2 Å². The Balaban J connectivity index is 0.00000729. The first kappa shape index (κ1) is 26.8. The van der Waals surface area contributed by atoms with Crippen LogP contribution < -0.4 is 20.1 Å². The van der Waals surface area contributed by atoms with E-state index in [1.54, 1.807) is 14.2 Å². The fourth-order valence-electron chi connectivity index (χ4n) is 2.75. The molecule has 0 spiro atoms. The lowest BCUT2D eigenvalue weighted by Gasteiger charge is -2.19. The molecule has 0 aromatic heterocycles. The van der Waals surface area contributed by atoms with Gasteiger partial charge in [-0.05, 0) is 37.2 Å². The van der Waals surface area contributed by atoms with Gasteiger partial charge in [0.05, 0.1) is 7.11 Å². The molecule has 1 aromatic rings. The largest absolute Gasteiger partial charge is 0.493 e. The van der Waals surface area contributed by atoms with Crippen LogP contribution in [0.5, 0.6) is 11.5 Å². The van der Waals surface area contributed by atoms with Crippen LogP contribution in [0.25, 0.3) is 0 Å². The maximum absolute atomic E-state index is 5.92. The third kappa shape index (κ3) is 10.4. The number of hydrogen-bond acceptors (Lipinski definition) is 4. The monoisotopic (exact) mass is 506 g/mol. The molecule has 0 aliphatic carbocycles. The molecule has 0 aliphatic heterocycles. The van der Waals surface area contributed by atoms with Crippen molar-refractivity contribution in [1.82, 2.24) is 15.5 Å². The number of nitrogens with one attached hydrogen (secondary N) is 2. The van der Waals surface area contributed by atoms with Gasteiger partial charge in [-0.2, -0.15) is 0 Å². The summed E-state index contributed by atoms with van der Waals surface area (Å²) in [7, 11) is 3.47. The molecular formula is C21H39IN4O2. The fourth-order valence-corrected chi connectivity index (χ4v) is 2.75. The summed E-state index contributed by atoms with van der Waals surface area (Å²) in [6.45, 7) is 11.8. The first-order valence-corrected chi connectivity index (χ1v) is 10.1. The number of hydrogen-bond donors (Lipinski definition) is 2. The van der Waals surface area contributed by atoms with E-state index >= 15 is 0 Å². The van der Waals surface area contributed by atoms with Crippen LogP contribution >= 0.6 is 24.0 Å². The summed E-state index contributed by atoms with van der Waals surface area (Å²) >= 11 is 0. The molecule has 1 rings (SSSR count). The summed E-state index contributed by atoms with van der Waals surface area (Å²) in [5.41, 5.74) is 1.12. The Labute approximate surface area is 188 Å². The quantitative estimate of drug-likeness (QED) is 0.184. The predicted octanol–water partition coefficient (Wildman–Crippen LogP) is 3.89. The standard InChI is InChI=1S/C21H38N4O2.HI/c1-6-9-10-13-23-21(22-4)24-17-18-11-12-19(20(16-18)26-5)27-15-14-25(7-2)8-3;/h11-12,16H,6-10,13-15,17H2,1-5H3,(H2,22,23,24);1H. The van der Waals surface area contributed by atoms with Gasteiger partial charge in [-0.15, -0.1) is 24.0 Å². The molecule has 0 radical (unpaired) electrons. The van der Waals surface area contributed by atoms with E-state index in [2.05, 4.69) is 47.4 Å². The van der Waals surface area contributed by atoms with Gasteiger partial charge in [0.25, 0.3) is 0 Å². The van der Waals surface area contributed by atoms with Gasteiger partial charge in [0.1, 0.15) is 6.61 Å². The van der Waals surface area contributed by atoms with Crippen LogP contribution in [0.3, 0.4) is 0 Å². The van der Waals surface area contributed by atoms with Crippen LogP contribution in [0.15, 0.2) is 23.2 Å². The summed E-state index contributed by atoms with van der Waals surface area (Å²) in [5.74, 6) is 2.37. The molecule has 6 nitrogen and oxygen atoms in total. The van der Waals surface area contributed by atoms with Crippen molar-refractivity contribution in [1.29, 1.82) is 0 Å². The predicted molar refractivity (Wildman–Crippen MR) is 129 cm³/mol. The Morgan fingerprint density at radius 1 is 1.07 bits per heavy atom. The highest BCUT2D eigenvalue weighted by Crippen LogP contribution is 2.28. The average Bonchev–Trinajstić information content (AvgIpc) is 2.71. The second kappa shape index (κ2) is 16.7. The molecule has 162 valence electrons. The highest BCUT2D eigenvalue weighted by Gasteiger charge is 2.07. The van der Waals surface area contributed by atoms with Crippen molar-refractivity contribution in [3.05, 3.63) is 23.8 Å². The number of nitrogens with zero attached hydrogens (tertiary/aromatic N) is 2. The smallest absolute Gasteiger partial charge is 0.191 e. The third-order valence-electron chi connectivity index (χ3n) is 4.54. The molecule has 0 atom stereocenters. The Hall–Kier alpha value is -1.22. The summed E-state index contributed by atoms with van der Waals surface area (Å²) < 4.78 is 11.4. The number of ether oxygens (including phenoxy) is 2. The number of halogens is 1. The molecule has 0 bridgehead atoms. The number of aliphatic imine (C=N–C) groups is 1. The maximum Gasteiger partial charge on any atom is 0.191 e. The molecular weight excluding hydrogens is 467 g/mol. The highest BCUT2D eigenvalue weighted by atomic mass is 127. The molecule has 0 saturated carbocycles. The summed E-state index contributed by atoms with van der Waals surface area (Å²) in [6.07, 6.45) is 3.61. The Morgan fingerprint density at radius 2 is 1.82 bits per heavy atom. The van der Waals surface area contributed by atoms with Gasteiger partial charge < -0.3 is 25.0 Å². The van der Waals surface area contributed by atoms with Crippen LogP contribution in [0, 0.1) is 0 Å². The van der Waals surface area contributed by atoms with Crippen LogP contribution in [-0.4, -0.2) is 57.8 Å². The molecule has 28 heavy (non-hydrogen) atoms. The second-order valence-corrected chi connectivity index (χ2v) is 6.42. The number of likely N-dealkylation sites (N-methyl/N-ethyl adjacent to an activating group) is 1. The van der Waals surface area contributed by atoms with Crippen molar-refractivity contribution in [2.24, 2.45) is 4.99 Å². The van der Waals surface area contributed by atoms with Crippen LogP contribution in [-0.2, 0) is 6.54 Å². The van der Waals surface area contributed by atoms with E-state index in [-0.39, 0.29) is 24.0 Å². The van der Waals surface area contributed by atoms with Gasteiger partial charge in [-0.3, -0.25) is 4.99 Å². The van der Waals surface area contributed by atoms with E-state index < -0.39 is 0 Å². The lowest BCUT2D eigenvalue weighted by molar-refractivity contribution is 0.217. The number of methoxy groups -OCH3 is 1. The highest BCUT2D eigenvalue weighted by molar-refractivity contribution is 14.0. The number of rotatable bonds is 13. The molecule has 0 amide bonds. The lowest BCUT2D eigenvalue weighted by Crippen LogP contribution is -2.37. The number of guanidine groups is 1. The first-order valence-electron chi connectivity index (χ1n) is 10.1. The first-order chi connectivity index (χ1) is 13.2. The van der Waals surface area contributed by atoms with Crippen molar-refractivity contribution in [3.8, 4) is 11.5 Å². The number of unbranched alkanes of at least 4 members (excludes halogenated alkanes) is 2. The van der Waals surface area contributed by atoms with Gasteiger partial charge in [0.2, 0.25) is 0 Å². The Bertz CT molecular complexity index is 551. The van der Waals surface area contributed by atoms with Crippen LogP contribution in [0.2, 0.25) is 0 Å².